The van der Waals surface area contributed by atoms with E-state index in [1.165, 1.54) is 12.8 Å². The smallest absolute Gasteiger partial charge is 0.0573 e. The first-order valence-electron chi connectivity index (χ1n) is 4.79. The van der Waals surface area contributed by atoms with Crippen LogP contribution in [0, 0.1) is 17.8 Å². The number of hydrogen-bond donors (Lipinski definition) is 1. The minimum atomic E-state index is -0.0289. The Kier molecular flexibility index (Phi) is 5.47. The van der Waals surface area contributed by atoms with Crippen molar-refractivity contribution in [3.05, 3.63) is 0 Å². The van der Waals surface area contributed by atoms with E-state index in [4.69, 9.17) is 0 Å². The van der Waals surface area contributed by atoms with Gasteiger partial charge in [-0.2, -0.15) is 0 Å². The molecule has 0 amide bonds. The van der Waals surface area contributed by atoms with Crippen molar-refractivity contribution in [2.45, 2.75) is 46.1 Å². The molecule has 0 unspecified atom stereocenters. The van der Waals surface area contributed by atoms with E-state index in [1.54, 1.807) is 0 Å². The third-order valence-electron chi connectivity index (χ3n) is 2.99. The second kappa shape index (κ2) is 5.26. The van der Waals surface area contributed by atoms with Gasteiger partial charge < -0.3 is 5.11 Å². The van der Waals surface area contributed by atoms with Crippen molar-refractivity contribution in [2.75, 3.05) is 0 Å². The fourth-order valence-electron chi connectivity index (χ4n) is 2.15. The van der Waals surface area contributed by atoms with Gasteiger partial charge in [0.15, 0.2) is 0 Å². The van der Waals surface area contributed by atoms with Crippen molar-refractivity contribution in [3.8, 4) is 0 Å². The minimum absolute atomic E-state index is 0. The Morgan fingerprint density at radius 2 is 1.83 bits per heavy atom. The van der Waals surface area contributed by atoms with E-state index in [-0.39, 0.29) is 23.2 Å². The maximum Gasteiger partial charge on any atom is 0.0573 e. The number of aliphatic hydroxyl groups is 1. The van der Waals surface area contributed by atoms with Crippen molar-refractivity contribution < 1.29 is 22.2 Å². The summed E-state index contributed by atoms with van der Waals surface area (Å²) >= 11 is 0. The molecule has 77 valence electrons. The van der Waals surface area contributed by atoms with E-state index >= 15 is 0 Å². The topological polar surface area (TPSA) is 20.2 Å². The van der Waals surface area contributed by atoms with Gasteiger partial charge >= 0.3 is 0 Å². The fraction of sp³-hybridized carbons (Fsp3) is 1.00. The van der Waals surface area contributed by atoms with Crippen molar-refractivity contribution in [2.24, 2.45) is 17.8 Å². The van der Waals surface area contributed by atoms with Crippen LogP contribution < -0.4 is 0 Å². The normalized spacial score (nSPS) is 36.2. The summed E-state index contributed by atoms with van der Waals surface area (Å²) in [5.74, 6) is 1.95. The standard InChI is InChI=1S/C10H20O.Cu/c1-7(2)9-5-4-8(3)6-10(9)11;/h7-11H,4-6H2,1-3H3;/t8-,9+,10-;/m1./s1. The average Bonchev–Trinajstić information content (AvgIpc) is 1.85. The van der Waals surface area contributed by atoms with E-state index < -0.39 is 0 Å². The molecule has 0 aliphatic heterocycles. The molecule has 1 aliphatic rings. The zero-order chi connectivity index (χ0) is 8.43. The monoisotopic (exact) mass is 219 g/mol. The van der Waals surface area contributed by atoms with Gasteiger partial charge in [-0.25, -0.2) is 0 Å². The molecule has 0 saturated heterocycles. The van der Waals surface area contributed by atoms with Gasteiger partial charge in [0.25, 0.3) is 0 Å². The van der Waals surface area contributed by atoms with Gasteiger partial charge in [-0.05, 0) is 30.6 Å². The molecule has 1 nitrogen and oxygen atoms in total. The second-order valence-electron chi connectivity index (χ2n) is 4.39. The van der Waals surface area contributed by atoms with Gasteiger partial charge in [0.1, 0.15) is 0 Å². The summed E-state index contributed by atoms with van der Waals surface area (Å²) in [4.78, 5) is 0. The van der Waals surface area contributed by atoms with Crippen LogP contribution in [0.4, 0.5) is 0 Å². The Morgan fingerprint density at radius 3 is 2.25 bits per heavy atom. The first-order chi connectivity index (χ1) is 5.11. The van der Waals surface area contributed by atoms with Gasteiger partial charge in [-0.3, -0.25) is 0 Å². The quantitative estimate of drug-likeness (QED) is 0.672. The van der Waals surface area contributed by atoms with Crippen molar-refractivity contribution >= 4 is 0 Å². The zero-order valence-electron chi connectivity index (χ0n) is 8.18. The van der Waals surface area contributed by atoms with Crippen LogP contribution in [0.5, 0.6) is 0 Å². The van der Waals surface area contributed by atoms with Crippen LogP contribution in [0.25, 0.3) is 0 Å². The first-order valence-corrected chi connectivity index (χ1v) is 4.79. The van der Waals surface area contributed by atoms with Crippen LogP contribution >= 0.6 is 0 Å². The molecular formula is C10H20CuO. The van der Waals surface area contributed by atoms with Gasteiger partial charge in [0.2, 0.25) is 0 Å². The van der Waals surface area contributed by atoms with Crippen molar-refractivity contribution in [3.63, 3.8) is 0 Å². The molecule has 3 atom stereocenters. The second-order valence-corrected chi connectivity index (χ2v) is 4.39. The van der Waals surface area contributed by atoms with E-state index in [9.17, 15) is 5.11 Å². The van der Waals surface area contributed by atoms with Crippen molar-refractivity contribution in [1.29, 1.82) is 0 Å². The summed E-state index contributed by atoms with van der Waals surface area (Å²) in [6.45, 7) is 6.66. The third-order valence-corrected chi connectivity index (χ3v) is 2.99. The predicted molar refractivity (Wildman–Crippen MR) is 47.3 cm³/mol. The summed E-state index contributed by atoms with van der Waals surface area (Å²) in [5.41, 5.74) is 0. The molecule has 12 heavy (non-hydrogen) atoms. The summed E-state index contributed by atoms with van der Waals surface area (Å²) in [6.07, 6.45) is 3.52. The summed E-state index contributed by atoms with van der Waals surface area (Å²) in [5, 5.41) is 9.71. The fourth-order valence-corrected chi connectivity index (χ4v) is 2.15. The molecule has 1 fully saturated rings. The van der Waals surface area contributed by atoms with Crippen LogP contribution in [0.2, 0.25) is 0 Å². The summed E-state index contributed by atoms with van der Waals surface area (Å²) < 4.78 is 0. The van der Waals surface area contributed by atoms with E-state index in [2.05, 4.69) is 20.8 Å². The molecule has 1 rings (SSSR count). The molecule has 0 heterocycles. The molecule has 0 aromatic heterocycles. The molecule has 1 radical (unpaired) electrons. The molecule has 0 aromatic carbocycles. The summed E-state index contributed by atoms with van der Waals surface area (Å²) in [6, 6.07) is 0. The molecule has 1 saturated carbocycles. The number of rotatable bonds is 1. The molecule has 1 aliphatic carbocycles. The number of hydrogen-bond acceptors (Lipinski definition) is 1. The first kappa shape index (κ1) is 12.5. The minimum Gasteiger partial charge on any atom is -0.393 e. The molecule has 0 bridgehead atoms. The maximum absolute atomic E-state index is 9.71. The Morgan fingerprint density at radius 1 is 1.25 bits per heavy atom. The molecule has 2 heteroatoms. The van der Waals surface area contributed by atoms with Gasteiger partial charge in [0.05, 0.1) is 6.10 Å². The Labute approximate surface area is 86.4 Å². The molecule has 0 aromatic rings. The largest absolute Gasteiger partial charge is 0.393 e. The van der Waals surface area contributed by atoms with E-state index in [0.29, 0.717) is 11.8 Å². The van der Waals surface area contributed by atoms with Gasteiger partial charge in [-0.1, -0.05) is 27.2 Å². The van der Waals surface area contributed by atoms with Gasteiger partial charge in [0, 0.05) is 17.1 Å². The zero-order valence-corrected chi connectivity index (χ0v) is 9.12. The van der Waals surface area contributed by atoms with Crippen molar-refractivity contribution in [1.82, 2.24) is 0 Å². The molecule has 1 N–H and O–H groups in total. The van der Waals surface area contributed by atoms with Crippen LogP contribution in [0.1, 0.15) is 40.0 Å². The van der Waals surface area contributed by atoms with Crippen LogP contribution in [0.15, 0.2) is 0 Å². The van der Waals surface area contributed by atoms with E-state index in [0.717, 1.165) is 12.3 Å². The third kappa shape index (κ3) is 3.08. The van der Waals surface area contributed by atoms with Crippen LogP contribution in [-0.2, 0) is 17.1 Å². The Balaban J connectivity index is 0.00000121. The molecule has 0 spiro atoms. The maximum atomic E-state index is 9.71. The van der Waals surface area contributed by atoms with Gasteiger partial charge in [-0.15, -0.1) is 0 Å². The average molecular weight is 220 g/mol. The number of aliphatic hydroxyl groups excluding tert-OH is 1. The Bertz CT molecular complexity index is 125. The summed E-state index contributed by atoms with van der Waals surface area (Å²) in [7, 11) is 0. The Hall–Kier alpha value is 0.479. The van der Waals surface area contributed by atoms with Crippen LogP contribution in [0.3, 0.4) is 0 Å². The SMILES string of the molecule is CC(C)[C@@H]1CC[C@@H](C)C[C@H]1O.[Cu]. The van der Waals surface area contributed by atoms with E-state index in [1.807, 2.05) is 0 Å². The molecular weight excluding hydrogens is 200 g/mol. The predicted octanol–water partition coefficient (Wildman–Crippen LogP) is 2.44. The van der Waals surface area contributed by atoms with Crippen LogP contribution in [-0.4, -0.2) is 11.2 Å².